The predicted octanol–water partition coefficient (Wildman–Crippen LogP) is 1.92. The molecule has 0 aliphatic carbocycles. The Morgan fingerprint density at radius 2 is 1.63 bits per heavy atom. The van der Waals surface area contributed by atoms with Crippen molar-refractivity contribution in [3.8, 4) is 0 Å². The van der Waals surface area contributed by atoms with Crippen LogP contribution in [0.2, 0.25) is 0 Å². The summed E-state index contributed by atoms with van der Waals surface area (Å²) in [7, 11) is 0. The number of carbonyl (C=O) groups excluding carboxylic acids is 2. The number of rotatable bonds is 6. The average Bonchev–Trinajstić information content (AvgIpc) is 2.98. The average molecular weight is 413 g/mol. The van der Waals surface area contributed by atoms with Crippen molar-refractivity contribution in [2.24, 2.45) is 0 Å². The van der Waals surface area contributed by atoms with E-state index in [9.17, 15) is 40.0 Å². The normalized spacial score (nSPS) is 17.9. The number of nitro groups is 2. The monoisotopic (exact) mass is 413 g/mol. The van der Waals surface area contributed by atoms with Crippen LogP contribution in [0.25, 0.3) is 5.76 Å². The summed E-state index contributed by atoms with van der Waals surface area (Å²) in [5.41, 5.74) is -0.596. The molecule has 0 saturated carbocycles. The van der Waals surface area contributed by atoms with Crippen LogP contribution in [-0.4, -0.2) is 49.8 Å². The number of benzene rings is 2. The summed E-state index contributed by atoms with van der Waals surface area (Å²) in [6, 6.07) is 8.75. The van der Waals surface area contributed by atoms with E-state index in [0.717, 1.165) is 17.0 Å². The number of aliphatic hydroxyl groups excluding tert-OH is 2. The highest BCUT2D eigenvalue weighted by atomic mass is 16.6. The molecule has 1 aliphatic rings. The zero-order chi connectivity index (χ0) is 22.0. The van der Waals surface area contributed by atoms with E-state index in [1.54, 1.807) is 0 Å². The second-order valence-corrected chi connectivity index (χ2v) is 6.37. The zero-order valence-electron chi connectivity index (χ0n) is 15.3. The molecule has 30 heavy (non-hydrogen) atoms. The first-order chi connectivity index (χ1) is 14.3. The van der Waals surface area contributed by atoms with Crippen molar-refractivity contribution in [3.05, 3.63) is 85.5 Å². The van der Waals surface area contributed by atoms with Gasteiger partial charge < -0.3 is 15.1 Å². The second kappa shape index (κ2) is 8.09. The van der Waals surface area contributed by atoms with Crippen LogP contribution >= 0.6 is 0 Å². The number of hydrogen-bond donors (Lipinski definition) is 2. The quantitative estimate of drug-likeness (QED) is 0.238. The Morgan fingerprint density at radius 1 is 1.00 bits per heavy atom. The fraction of sp³-hybridized carbons (Fsp3) is 0.158. The number of carbonyl (C=O) groups is 2. The Hall–Kier alpha value is -4.12. The molecular formula is C19H15N3O8. The highest BCUT2D eigenvalue weighted by Crippen LogP contribution is 2.40. The number of likely N-dealkylation sites (tertiary alicyclic amines) is 1. The number of non-ortho nitro benzene ring substituents is 2. The number of hydrogen-bond acceptors (Lipinski definition) is 8. The van der Waals surface area contributed by atoms with Crippen LogP contribution in [0.1, 0.15) is 17.2 Å². The van der Waals surface area contributed by atoms with E-state index < -0.39 is 39.9 Å². The molecule has 11 heteroatoms. The molecule has 1 amide bonds. The van der Waals surface area contributed by atoms with Crippen LogP contribution in [0.5, 0.6) is 0 Å². The lowest BCUT2D eigenvalue weighted by Crippen LogP contribution is -2.32. The van der Waals surface area contributed by atoms with Crippen molar-refractivity contribution in [1.29, 1.82) is 0 Å². The minimum absolute atomic E-state index is 0.0537. The molecule has 2 aromatic rings. The van der Waals surface area contributed by atoms with E-state index >= 15 is 0 Å². The molecule has 1 saturated heterocycles. The molecule has 0 spiro atoms. The van der Waals surface area contributed by atoms with Crippen LogP contribution < -0.4 is 0 Å². The number of nitro benzene ring substituents is 2. The molecule has 1 fully saturated rings. The predicted molar refractivity (Wildman–Crippen MR) is 102 cm³/mol. The summed E-state index contributed by atoms with van der Waals surface area (Å²) in [5, 5.41) is 42.0. The molecule has 0 radical (unpaired) electrons. The van der Waals surface area contributed by atoms with Gasteiger partial charge in [0.25, 0.3) is 23.1 Å². The van der Waals surface area contributed by atoms with Gasteiger partial charge in [0, 0.05) is 36.4 Å². The topological polar surface area (TPSA) is 164 Å². The van der Waals surface area contributed by atoms with E-state index in [2.05, 4.69) is 0 Å². The summed E-state index contributed by atoms with van der Waals surface area (Å²) in [6.45, 7) is -0.717. The maximum Gasteiger partial charge on any atom is 0.295 e. The van der Waals surface area contributed by atoms with Crippen LogP contribution in [-0.2, 0) is 9.59 Å². The molecule has 2 N–H and O–H groups in total. The molecule has 1 aliphatic heterocycles. The van der Waals surface area contributed by atoms with Crippen molar-refractivity contribution < 1.29 is 29.6 Å². The first-order valence-corrected chi connectivity index (χ1v) is 8.64. The van der Waals surface area contributed by atoms with Gasteiger partial charge in [-0.2, -0.15) is 0 Å². The molecule has 11 nitrogen and oxygen atoms in total. The molecule has 1 atom stereocenters. The first-order valence-electron chi connectivity index (χ1n) is 8.64. The lowest BCUT2D eigenvalue weighted by atomic mass is 9.95. The molecule has 1 unspecified atom stereocenters. The Morgan fingerprint density at radius 3 is 2.20 bits per heavy atom. The molecule has 2 aromatic carbocycles. The fourth-order valence-corrected chi connectivity index (χ4v) is 3.27. The lowest BCUT2D eigenvalue weighted by molar-refractivity contribution is -0.385. The number of Topliss-reactive ketones (excluding diaryl/α,β-unsaturated/α-hetero) is 1. The van der Waals surface area contributed by atoms with Crippen LogP contribution in [0, 0.1) is 20.2 Å². The molecule has 1 heterocycles. The van der Waals surface area contributed by atoms with Gasteiger partial charge in [-0.3, -0.25) is 29.8 Å². The van der Waals surface area contributed by atoms with Gasteiger partial charge in [-0.15, -0.1) is 0 Å². The summed E-state index contributed by atoms with van der Waals surface area (Å²) < 4.78 is 0. The molecule has 0 bridgehead atoms. The van der Waals surface area contributed by atoms with E-state index in [1.165, 1.54) is 36.4 Å². The lowest BCUT2D eigenvalue weighted by Gasteiger charge is -2.24. The zero-order valence-corrected chi connectivity index (χ0v) is 15.3. The van der Waals surface area contributed by atoms with E-state index in [-0.39, 0.29) is 34.6 Å². The van der Waals surface area contributed by atoms with Gasteiger partial charge in [0.15, 0.2) is 0 Å². The molecule has 154 valence electrons. The third-order valence-electron chi connectivity index (χ3n) is 4.63. The first kappa shape index (κ1) is 20.6. The van der Waals surface area contributed by atoms with Gasteiger partial charge in [0.1, 0.15) is 5.76 Å². The minimum atomic E-state index is -1.17. The molecular weight excluding hydrogens is 398 g/mol. The van der Waals surface area contributed by atoms with E-state index in [0.29, 0.717) is 0 Å². The van der Waals surface area contributed by atoms with Gasteiger partial charge in [-0.05, 0) is 17.7 Å². The van der Waals surface area contributed by atoms with E-state index in [4.69, 9.17) is 0 Å². The fourth-order valence-electron chi connectivity index (χ4n) is 3.27. The SMILES string of the molecule is O=C1C(=O)N(CCO)C(c2cccc([N+](=O)[O-])c2)/C1=C(\O)c1ccc([N+](=O)[O-])cc1. The summed E-state index contributed by atoms with van der Waals surface area (Å²) in [4.78, 5) is 46.8. The van der Waals surface area contributed by atoms with Crippen molar-refractivity contribution in [1.82, 2.24) is 4.90 Å². The van der Waals surface area contributed by atoms with E-state index in [1.807, 2.05) is 0 Å². The van der Waals surface area contributed by atoms with Crippen LogP contribution in [0.3, 0.4) is 0 Å². The van der Waals surface area contributed by atoms with Gasteiger partial charge in [0.05, 0.1) is 28.1 Å². The minimum Gasteiger partial charge on any atom is -0.507 e. The number of aliphatic hydroxyl groups is 2. The number of amides is 1. The van der Waals surface area contributed by atoms with Crippen LogP contribution in [0.4, 0.5) is 11.4 Å². The van der Waals surface area contributed by atoms with Crippen molar-refractivity contribution in [3.63, 3.8) is 0 Å². The maximum absolute atomic E-state index is 12.7. The van der Waals surface area contributed by atoms with Crippen molar-refractivity contribution >= 4 is 28.8 Å². The Labute approximate surface area is 168 Å². The summed E-state index contributed by atoms with van der Waals surface area (Å²) in [6.07, 6.45) is 0. The number of β-amino-alcohol motifs (C(OH)–C–C–N with tert-alkyl or cyclic N) is 1. The van der Waals surface area contributed by atoms with Gasteiger partial charge in [-0.25, -0.2) is 0 Å². The molecule has 0 aromatic heterocycles. The third kappa shape index (κ3) is 3.61. The van der Waals surface area contributed by atoms with Gasteiger partial charge in [0.2, 0.25) is 0 Å². The maximum atomic E-state index is 12.7. The van der Waals surface area contributed by atoms with Crippen molar-refractivity contribution in [2.75, 3.05) is 13.2 Å². The third-order valence-corrected chi connectivity index (χ3v) is 4.63. The highest BCUT2D eigenvalue weighted by Gasteiger charge is 2.46. The Bertz CT molecular complexity index is 1080. The summed E-state index contributed by atoms with van der Waals surface area (Å²) in [5.74, 6) is -2.60. The number of ketones is 1. The smallest absolute Gasteiger partial charge is 0.295 e. The van der Waals surface area contributed by atoms with Gasteiger partial charge in [-0.1, -0.05) is 12.1 Å². The van der Waals surface area contributed by atoms with Gasteiger partial charge >= 0.3 is 0 Å². The second-order valence-electron chi connectivity index (χ2n) is 6.37. The summed E-state index contributed by atoms with van der Waals surface area (Å²) >= 11 is 0. The van der Waals surface area contributed by atoms with Crippen molar-refractivity contribution in [2.45, 2.75) is 6.04 Å². The Balaban J connectivity index is 2.18. The molecule has 3 rings (SSSR count). The largest absolute Gasteiger partial charge is 0.507 e. The number of nitrogens with zero attached hydrogens (tertiary/aromatic N) is 3. The standard InChI is InChI=1S/C19H15N3O8/c23-9-8-20-16(12-2-1-3-14(10-12)22(29)30)15(18(25)19(20)26)17(24)11-4-6-13(7-5-11)21(27)28/h1-7,10,16,23-24H,8-9H2/b17-15+. The highest BCUT2D eigenvalue weighted by molar-refractivity contribution is 6.46. The Kier molecular flexibility index (Phi) is 5.56. The van der Waals surface area contributed by atoms with Crippen LogP contribution in [0.15, 0.2) is 54.1 Å².